The molecule has 1 aromatic rings. The first-order valence-electron chi connectivity index (χ1n) is 6.08. The Morgan fingerprint density at radius 3 is 2.76 bits per heavy atom. The van der Waals surface area contributed by atoms with Gasteiger partial charge in [0.2, 0.25) is 0 Å². The molecule has 2 radical (unpaired) electrons. The van der Waals surface area contributed by atoms with Crippen LogP contribution >= 0.6 is 0 Å². The number of hydrogen-bond donors (Lipinski definition) is 0. The molecule has 0 amide bonds. The third kappa shape index (κ3) is 1.96. The second-order valence-electron chi connectivity index (χ2n) is 5.01. The predicted octanol–water partition coefficient (Wildman–Crippen LogP) is 1.62. The van der Waals surface area contributed by atoms with Gasteiger partial charge < -0.3 is 0 Å². The maximum absolute atomic E-state index is 6.15. The van der Waals surface area contributed by atoms with Crippen molar-refractivity contribution < 1.29 is 4.74 Å². The van der Waals surface area contributed by atoms with Crippen molar-refractivity contribution in [3.8, 4) is 0 Å². The van der Waals surface area contributed by atoms with Gasteiger partial charge in [-0.15, -0.1) is 0 Å². The van der Waals surface area contributed by atoms with E-state index in [-0.39, 0.29) is 5.60 Å². The summed E-state index contributed by atoms with van der Waals surface area (Å²) in [5.74, 6) is 0. The van der Waals surface area contributed by atoms with Crippen molar-refractivity contribution in [1.29, 1.82) is 0 Å². The Kier molecular flexibility index (Phi) is 3.05. The molecule has 2 aliphatic heterocycles. The third-order valence-electron chi connectivity index (χ3n) is 3.81. The molecule has 0 aliphatic carbocycles. The Hall–Kier alpha value is -0.321. The molecule has 0 bridgehead atoms. The van der Waals surface area contributed by atoms with Crippen LogP contribution in [0.25, 0.3) is 0 Å². The van der Waals surface area contributed by atoms with Crippen LogP contribution in [0.4, 0.5) is 0 Å². The molecule has 2 aliphatic rings. The van der Waals surface area contributed by atoms with Crippen molar-refractivity contribution in [3.63, 3.8) is 0 Å². The number of likely N-dealkylation sites (N-methyl/N-ethyl adjacent to an activating group) is 1. The zero-order valence-electron chi connectivity index (χ0n) is 10.1. The average molecular weight is 334 g/mol. The van der Waals surface area contributed by atoms with Gasteiger partial charge in [-0.1, -0.05) is 0 Å². The molecule has 1 fully saturated rings. The van der Waals surface area contributed by atoms with Gasteiger partial charge in [0.25, 0.3) is 0 Å². The zero-order valence-corrected chi connectivity index (χ0v) is 13.4. The van der Waals surface area contributed by atoms with Crippen LogP contribution in [-0.2, 0) is 4.74 Å². The molecule has 0 saturated carbocycles. The van der Waals surface area contributed by atoms with Crippen LogP contribution in [0.2, 0.25) is 0 Å². The summed E-state index contributed by atoms with van der Waals surface area (Å²) in [4.78, 5) is 2.42. The monoisotopic (exact) mass is 335 g/mol. The van der Waals surface area contributed by atoms with Gasteiger partial charge in [0.1, 0.15) is 0 Å². The maximum atomic E-state index is 6.15. The number of ether oxygens (including phenoxy) is 1. The van der Waals surface area contributed by atoms with Crippen LogP contribution in [0.1, 0.15) is 18.0 Å². The standard InChI is InChI=1S/C14H16NO.Sn.H/c1-15-10-9-14(8-5-11-16-14)13(15)12-6-3-2-4-7-12;;/h2-4,6-8,13H,9-11H2,1H3;;/t13-,14-;;/m0../s1. The Bertz CT molecular complexity index is 445. The van der Waals surface area contributed by atoms with Crippen molar-refractivity contribution >= 4 is 22.5 Å². The van der Waals surface area contributed by atoms with Crippen molar-refractivity contribution in [2.24, 2.45) is 0 Å². The fraction of sp³-hybridized carbons (Fsp3) is 0.429. The Morgan fingerprint density at radius 1 is 1.35 bits per heavy atom. The van der Waals surface area contributed by atoms with Crippen molar-refractivity contribution in [3.05, 3.63) is 45.6 Å². The van der Waals surface area contributed by atoms with Gasteiger partial charge in [-0.25, -0.2) is 0 Å². The summed E-state index contributed by atoms with van der Waals surface area (Å²) in [6.45, 7) is 1.96. The number of likely N-dealkylation sites (tertiary alicyclic amines) is 1. The minimum absolute atomic E-state index is 0.0506. The van der Waals surface area contributed by atoms with Gasteiger partial charge in [-0.3, -0.25) is 0 Å². The van der Waals surface area contributed by atoms with Gasteiger partial charge >= 0.3 is 116 Å². The first-order valence-corrected chi connectivity index (χ1v) is 7.72. The summed E-state index contributed by atoms with van der Waals surface area (Å²) in [7, 11) is 2.20. The van der Waals surface area contributed by atoms with Gasteiger partial charge in [0.15, 0.2) is 0 Å². The number of hydrogen-bond acceptors (Lipinski definition) is 2. The van der Waals surface area contributed by atoms with Crippen LogP contribution in [0, 0.1) is 0 Å². The van der Waals surface area contributed by atoms with Crippen molar-refractivity contribution in [1.82, 2.24) is 4.90 Å². The molecule has 17 heavy (non-hydrogen) atoms. The van der Waals surface area contributed by atoms with Gasteiger partial charge in [-0.2, -0.15) is 0 Å². The molecule has 2 nitrogen and oxygen atoms in total. The topological polar surface area (TPSA) is 12.5 Å². The molecule has 0 unspecified atom stereocenters. The fourth-order valence-corrected chi connectivity index (χ4v) is 4.12. The van der Waals surface area contributed by atoms with Crippen LogP contribution < -0.4 is 0 Å². The summed E-state index contributed by atoms with van der Waals surface area (Å²) in [6, 6.07) is 11.1. The summed E-state index contributed by atoms with van der Waals surface area (Å²) >= 11 is 1.19. The van der Waals surface area contributed by atoms with Gasteiger partial charge in [-0.05, 0) is 0 Å². The van der Waals surface area contributed by atoms with Crippen LogP contribution in [0.3, 0.4) is 0 Å². The molecule has 0 N–H and O–H groups in total. The van der Waals surface area contributed by atoms with Crippen LogP contribution in [0.5, 0.6) is 0 Å². The Labute approximate surface area is 116 Å². The van der Waals surface area contributed by atoms with E-state index in [9.17, 15) is 0 Å². The molecule has 1 spiro atoms. The molecule has 3 heteroatoms. The van der Waals surface area contributed by atoms with E-state index in [4.69, 9.17) is 4.74 Å². The second kappa shape index (κ2) is 4.41. The van der Waals surface area contributed by atoms with E-state index >= 15 is 0 Å². The predicted molar refractivity (Wildman–Crippen MR) is 70.3 cm³/mol. The fourth-order valence-electron chi connectivity index (χ4n) is 3.08. The van der Waals surface area contributed by atoms with Crippen molar-refractivity contribution in [2.45, 2.75) is 18.1 Å². The molecule has 1 saturated heterocycles. The van der Waals surface area contributed by atoms with Crippen LogP contribution in [0.15, 0.2) is 40.0 Å². The van der Waals surface area contributed by atoms with E-state index in [1.54, 1.807) is 0 Å². The molecular weight excluding hydrogens is 317 g/mol. The molecule has 2 atom stereocenters. The summed E-state index contributed by atoms with van der Waals surface area (Å²) in [5, 5.41) is 0. The van der Waals surface area contributed by atoms with E-state index in [1.165, 1.54) is 31.7 Å². The van der Waals surface area contributed by atoms with Crippen LogP contribution in [-0.4, -0.2) is 53.2 Å². The first-order chi connectivity index (χ1) is 8.21. The SMILES string of the molecule is CN1CC[C@@]2(C=[C]([SnH])CO2)[C@@H]1c1ccccc1. The third-order valence-corrected chi connectivity index (χ3v) is 4.76. The average Bonchev–Trinajstić information content (AvgIpc) is 2.85. The molecular formula is C14H17NOSn. The van der Waals surface area contributed by atoms with E-state index in [2.05, 4.69) is 48.4 Å². The summed E-state index contributed by atoms with van der Waals surface area (Å²) < 4.78 is 7.64. The Morgan fingerprint density at radius 2 is 2.12 bits per heavy atom. The molecule has 0 aromatic heterocycles. The number of nitrogens with zero attached hydrogens (tertiary/aromatic N) is 1. The zero-order chi connectivity index (χ0) is 11.9. The molecule has 1 aromatic carbocycles. The quantitative estimate of drug-likeness (QED) is 0.724. The van der Waals surface area contributed by atoms with E-state index in [0.717, 1.165) is 19.6 Å². The van der Waals surface area contributed by atoms with E-state index in [1.807, 2.05) is 0 Å². The normalized spacial score (nSPS) is 33.3. The number of benzene rings is 1. The van der Waals surface area contributed by atoms with Gasteiger partial charge in [0.05, 0.1) is 0 Å². The van der Waals surface area contributed by atoms with Crippen molar-refractivity contribution in [2.75, 3.05) is 20.2 Å². The van der Waals surface area contributed by atoms with E-state index < -0.39 is 0 Å². The molecule has 3 rings (SSSR count). The minimum atomic E-state index is -0.0506. The molecule has 2 heterocycles. The van der Waals surface area contributed by atoms with E-state index in [0.29, 0.717) is 6.04 Å². The van der Waals surface area contributed by atoms with Gasteiger partial charge in [0, 0.05) is 0 Å². The first kappa shape index (κ1) is 11.8. The molecule has 88 valence electrons. The Balaban J connectivity index is 2.01. The summed E-state index contributed by atoms with van der Waals surface area (Å²) in [5.41, 5.74) is 1.32. The summed E-state index contributed by atoms with van der Waals surface area (Å²) in [6.07, 6.45) is 3.52. The number of rotatable bonds is 1. The second-order valence-corrected chi connectivity index (χ2v) is 7.12.